The number of nitrogens with zero attached hydrogens (tertiary/aromatic N) is 2. The number of imidazole rings is 1. The summed E-state index contributed by atoms with van der Waals surface area (Å²) in [5.74, 6) is 0.690. The molecule has 7 heteroatoms. The molecule has 6 nitrogen and oxygen atoms in total. The second-order valence-corrected chi connectivity index (χ2v) is 6.04. The summed E-state index contributed by atoms with van der Waals surface area (Å²) < 4.78 is 28.5. The fraction of sp³-hybridized carbons (Fsp3) is 0.700. The zero-order valence-corrected chi connectivity index (χ0v) is 10.9. The molecule has 1 saturated heterocycles. The second kappa shape index (κ2) is 4.75. The minimum atomic E-state index is -3.47. The van der Waals surface area contributed by atoms with E-state index in [0.29, 0.717) is 5.82 Å². The van der Waals surface area contributed by atoms with Crippen molar-refractivity contribution in [3.63, 3.8) is 0 Å². The lowest BCUT2D eigenvalue weighted by atomic mass is 10.1. The Bertz CT molecular complexity index is 469. The zero-order chi connectivity index (χ0) is 12.5. The van der Waals surface area contributed by atoms with Crippen LogP contribution in [0.25, 0.3) is 0 Å². The molecule has 1 fully saturated rings. The molecule has 0 aromatic carbocycles. The van der Waals surface area contributed by atoms with Crippen LogP contribution in [0, 0.1) is 6.92 Å². The molecule has 0 aliphatic carbocycles. The van der Waals surface area contributed by atoms with Gasteiger partial charge >= 0.3 is 0 Å². The van der Waals surface area contributed by atoms with E-state index in [1.807, 2.05) is 0 Å². The summed E-state index contributed by atoms with van der Waals surface area (Å²) in [7, 11) is -1.69. The number of nitrogens with one attached hydrogen (secondary N) is 2. The van der Waals surface area contributed by atoms with Crippen molar-refractivity contribution in [1.82, 2.24) is 19.6 Å². The van der Waals surface area contributed by atoms with Crippen molar-refractivity contribution in [2.45, 2.75) is 30.8 Å². The molecule has 0 saturated carbocycles. The molecular formula is C10H18N4O2S. The van der Waals surface area contributed by atoms with E-state index in [-0.39, 0.29) is 11.1 Å². The highest BCUT2D eigenvalue weighted by atomic mass is 32.2. The number of aromatic nitrogens is 2. The van der Waals surface area contributed by atoms with Gasteiger partial charge in [-0.25, -0.2) is 18.1 Å². The average Bonchev–Trinajstić information content (AvgIpc) is 2.61. The summed E-state index contributed by atoms with van der Waals surface area (Å²) in [6.07, 6.45) is 3.19. The smallest absolute Gasteiger partial charge is 0.259 e. The van der Waals surface area contributed by atoms with E-state index < -0.39 is 10.0 Å². The Morgan fingerprint density at radius 3 is 2.65 bits per heavy atom. The van der Waals surface area contributed by atoms with Crippen molar-refractivity contribution in [2.75, 3.05) is 13.1 Å². The van der Waals surface area contributed by atoms with Crippen LogP contribution in [0.5, 0.6) is 0 Å². The summed E-state index contributed by atoms with van der Waals surface area (Å²) in [4.78, 5) is 4.04. The predicted octanol–water partition coefficient (Wildman–Crippen LogP) is -0.241. The largest absolute Gasteiger partial charge is 0.337 e. The van der Waals surface area contributed by atoms with Gasteiger partial charge in [0.25, 0.3) is 10.0 Å². The first-order valence-corrected chi connectivity index (χ1v) is 7.20. The van der Waals surface area contributed by atoms with Crippen molar-refractivity contribution in [3.8, 4) is 0 Å². The van der Waals surface area contributed by atoms with Gasteiger partial charge in [-0.3, -0.25) is 0 Å². The lowest BCUT2D eigenvalue weighted by Crippen LogP contribution is -2.42. The molecule has 0 bridgehead atoms. The van der Waals surface area contributed by atoms with Crippen molar-refractivity contribution in [2.24, 2.45) is 7.05 Å². The standard InChI is InChI=1S/C10H18N4O2S/c1-8-12-10(7-14(8)2)17(15,16)13-9-3-5-11-6-4-9/h7,9,11,13H,3-6H2,1-2H3. The lowest BCUT2D eigenvalue weighted by molar-refractivity contribution is 0.426. The first-order chi connectivity index (χ1) is 7.99. The number of hydrogen-bond donors (Lipinski definition) is 2. The maximum Gasteiger partial charge on any atom is 0.259 e. The van der Waals surface area contributed by atoms with Crippen LogP contribution >= 0.6 is 0 Å². The van der Waals surface area contributed by atoms with E-state index >= 15 is 0 Å². The van der Waals surface area contributed by atoms with E-state index in [9.17, 15) is 8.42 Å². The van der Waals surface area contributed by atoms with Crippen molar-refractivity contribution in [3.05, 3.63) is 12.0 Å². The molecule has 1 aromatic rings. The highest BCUT2D eigenvalue weighted by molar-refractivity contribution is 7.89. The van der Waals surface area contributed by atoms with Crippen LogP contribution in [0.2, 0.25) is 0 Å². The quantitative estimate of drug-likeness (QED) is 0.784. The molecule has 1 aliphatic heterocycles. The van der Waals surface area contributed by atoms with Gasteiger partial charge in [-0.2, -0.15) is 0 Å². The molecule has 0 radical (unpaired) electrons. The van der Waals surface area contributed by atoms with Crippen LogP contribution in [0.4, 0.5) is 0 Å². The van der Waals surface area contributed by atoms with E-state index in [2.05, 4.69) is 15.0 Å². The number of sulfonamides is 1. The van der Waals surface area contributed by atoms with Crippen LogP contribution in [0.1, 0.15) is 18.7 Å². The van der Waals surface area contributed by atoms with Crippen LogP contribution in [0.15, 0.2) is 11.2 Å². The van der Waals surface area contributed by atoms with Gasteiger partial charge in [-0.1, -0.05) is 0 Å². The molecule has 1 aliphatic rings. The van der Waals surface area contributed by atoms with Crippen molar-refractivity contribution in [1.29, 1.82) is 0 Å². The molecule has 2 rings (SSSR count). The monoisotopic (exact) mass is 258 g/mol. The van der Waals surface area contributed by atoms with Crippen LogP contribution in [-0.4, -0.2) is 37.1 Å². The van der Waals surface area contributed by atoms with Gasteiger partial charge in [-0.15, -0.1) is 0 Å². The summed E-state index contributed by atoms with van der Waals surface area (Å²) in [6, 6.07) is 0.0172. The molecular weight excluding hydrogens is 240 g/mol. The SMILES string of the molecule is Cc1nc(S(=O)(=O)NC2CCNCC2)cn1C. The molecule has 1 aromatic heterocycles. The third kappa shape index (κ3) is 2.85. The molecule has 0 unspecified atom stereocenters. The van der Waals surface area contributed by atoms with E-state index in [0.717, 1.165) is 25.9 Å². The Hall–Kier alpha value is -0.920. The van der Waals surface area contributed by atoms with Crippen LogP contribution in [-0.2, 0) is 17.1 Å². The fourth-order valence-electron chi connectivity index (χ4n) is 1.88. The summed E-state index contributed by atoms with van der Waals surface area (Å²) in [5, 5.41) is 3.31. The normalized spacial score (nSPS) is 18.5. The van der Waals surface area contributed by atoms with Crippen molar-refractivity contribution >= 4 is 10.0 Å². The second-order valence-electron chi connectivity index (χ2n) is 4.38. The summed E-state index contributed by atoms with van der Waals surface area (Å²) in [5.41, 5.74) is 0. The first-order valence-electron chi connectivity index (χ1n) is 5.72. The van der Waals surface area contributed by atoms with Gasteiger partial charge in [0, 0.05) is 19.3 Å². The third-order valence-electron chi connectivity index (χ3n) is 3.02. The number of piperidine rings is 1. The zero-order valence-electron chi connectivity index (χ0n) is 10.1. The number of hydrogen-bond acceptors (Lipinski definition) is 4. The molecule has 0 amide bonds. The van der Waals surface area contributed by atoms with Crippen LogP contribution < -0.4 is 10.0 Å². The lowest BCUT2D eigenvalue weighted by Gasteiger charge is -2.22. The topological polar surface area (TPSA) is 76.0 Å². The molecule has 2 N–H and O–H groups in total. The molecule has 0 spiro atoms. The minimum Gasteiger partial charge on any atom is -0.337 e. The Kier molecular flexibility index (Phi) is 3.50. The summed E-state index contributed by atoms with van der Waals surface area (Å²) in [6.45, 7) is 3.49. The Morgan fingerprint density at radius 1 is 1.47 bits per heavy atom. The number of aryl methyl sites for hydroxylation is 2. The summed E-state index contributed by atoms with van der Waals surface area (Å²) >= 11 is 0. The first kappa shape index (κ1) is 12.5. The van der Waals surface area contributed by atoms with Gasteiger partial charge in [-0.05, 0) is 32.9 Å². The number of rotatable bonds is 3. The highest BCUT2D eigenvalue weighted by Crippen LogP contribution is 2.11. The maximum absolute atomic E-state index is 12.1. The van der Waals surface area contributed by atoms with E-state index in [4.69, 9.17) is 0 Å². The maximum atomic E-state index is 12.1. The Labute approximate surface area is 101 Å². The van der Waals surface area contributed by atoms with E-state index in [1.165, 1.54) is 0 Å². The van der Waals surface area contributed by atoms with Gasteiger partial charge in [0.05, 0.1) is 0 Å². The van der Waals surface area contributed by atoms with Crippen LogP contribution in [0.3, 0.4) is 0 Å². The molecule has 96 valence electrons. The van der Waals surface area contributed by atoms with Crippen molar-refractivity contribution < 1.29 is 8.42 Å². The molecule has 0 atom stereocenters. The van der Waals surface area contributed by atoms with Gasteiger partial charge < -0.3 is 9.88 Å². The predicted molar refractivity (Wildman–Crippen MR) is 64.2 cm³/mol. The minimum absolute atomic E-state index is 0.0172. The highest BCUT2D eigenvalue weighted by Gasteiger charge is 2.23. The Balaban J connectivity index is 2.12. The molecule has 2 heterocycles. The Morgan fingerprint density at radius 2 is 2.12 bits per heavy atom. The van der Waals surface area contributed by atoms with E-state index in [1.54, 1.807) is 24.7 Å². The van der Waals surface area contributed by atoms with Gasteiger partial charge in [0.2, 0.25) is 0 Å². The van der Waals surface area contributed by atoms with Gasteiger partial charge in [0.15, 0.2) is 5.03 Å². The average molecular weight is 258 g/mol. The molecule has 17 heavy (non-hydrogen) atoms. The van der Waals surface area contributed by atoms with Gasteiger partial charge in [0.1, 0.15) is 5.82 Å². The fourth-order valence-corrected chi connectivity index (χ4v) is 3.22. The third-order valence-corrected chi connectivity index (χ3v) is 4.41.